The number of ether oxygens (including phenoxy) is 3. The normalized spacial score (nSPS) is 34.3. The highest BCUT2D eigenvalue weighted by atomic mass is 16.7. The average molecular weight is 155 g/mol. The number of hydrogen-bond acceptors (Lipinski definition) is 4. The van der Waals surface area contributed by atoms with Crippen LogP contribution in [-0.2, 0) is 14.2 Å². The van der Waals surface area contributed by atoms with Gasteiger partial charge in [0.15, 0.2) is 11.7 Å². The highest BCUT2D eigenvalue weighted by Crippen LogP contribution is 2.37. The molecule has 0 N–H and O–H groups in total. The Morgan fingerprint density at radius 1 is 1.27 bits per heavy atom. The molecule has 0 bridgehead atoms. The van der Waals surface area contributed by atoms with Gasteiger partial charge in [0, 0.05) is 0 Å². The first-order valence-corrected chi connectivity index (χ1v) is 3.60. The van der Waals surface area contributed by atoms with Gasteiger partial charge in [0.1, 0.15) is 0 Å². The second-order valence-electron chi connectivity index (χ2n) is 2.80. The zero-order chi connectivity index (χ0) is 7.73. The lowest BCUT2D eigenvalue weighted by molar-refractivity contribution is 0.103. The van der Waals surface area contributed by atoms with E-state index in [1.165, 1.54) is 0 Å². The number of rotatable bonds is 0. The minimum Gasteiger partial charge on any atom is -0.376 e. The molecule has 2 heterocycles. The van der Waals surface area contributed by atoms with Crippen molar-refractivity contribution in [1.29, 1.82) is 5.26 Å². The maximum absolute atomic E-state index is 8.53. The van der Waals surface area contributed by atoms with E-state index < -0.39 is 5.60 Å². The van der Waals surface area contributed by atoms with Crippen LogP contribution in [0.25, 0.3) is 0 Å². The molecule has 1 spiro atoms. The Bertz CT molecular complexity index is 190. The summed E-state index contributed by atoms with van der Waals surface area (Å²) in [6.45, 7) is 2.18. The summed E-state index contributed by atoms with van der Waals surface area (Å²) in [6, 6.07) is 2.04. The van der Waals surface area contributed by atoms with Gasteiger partial charge in [-0.05, 0) is 0 Å². The Morgan fingerprint density at radius 3 is 2.36 bits per heavy atom. The Hall–Kier alpha value is -0.630. The SMILES string of the molecule is N#CC1OC12COCCOC2. The second kappa shape index (κ2) is 2.45. The number of epoxide rings is 1. The third kappa shape index (κ3) is 1.11. The molecule has 60 valence electrons. The first kappa shape index (κ1) is 7.04. The highest BCUT2D eigenvalue weighted by molar-refractivity contribution is 5.14. The summed E-state index contributed by atoms with van der Waals surface area (Å²) in [5.74, 6) is 0. The van der Waals surface area contributed by atoms with Crippen LogP contribution in [0.3, 0.4) is 0 Å². The minimum absolute atomic E-state index is 0.319. The van der Waals surface area contributed by atoms with Crippen LogP contribution < -0.4 is 0 Å². The Balaban J connectivity index is 1.98. The van der Waals surface area contributed by atoms with Crippen molar-refractivity contribution in [3.63, 3.8) is 0 Å². The van der Waals surface area contributed by atoms with Crippen molar-refractivity contribution in [2.24, 2.45) is 0 Å². The van der Waals surface area contributed by atoms with Crippen molar-refractivity contribution >= 4 is 0 Å². The van der Waals surface area contributed by atoms with E-state index in [-0.39, 0.29) is 6.10 Å². The van der Waals surface area contributed by atoms with Crippen LogP contribution in [0.15, 0.2) is 0 Å². The molecule has 11 heavy (non-hydrogen) atoms. The molecule has 0 aliphatic carbocycles. The zero-order valence-corrected chi connectivity index (χ0v) is 6.08. The van der Waals surface area contributed by atoms with Crippen molar-refractivity contribution in [2.45, 2.75) is 11.7 Å². The Kier molecular flexibility index (Phi) is 1.57. The molecular formula is C7H9NO3. The maximum atomic E-state index is 8.53. The molecule has 4 nitrogen and oxygen atoms in total. The van der Waals surface area contributed by atoms with Crippen molar-refractivity contribution in [3.05, 3.63) is 0 Å². The van der Waals surface area contributed by atoms with Crippen molar-refractivity contribution in [1.82, 2.24) is 0 Å². The van der Waals surface area contributed by atoms with Gasteiger partial charge >= 0.3 is 0 Å². The predicted molar refractivity (Wildman–Crippen MR) is 34.9 cm³/mol. The fourth-order valence-electron chi connectivity index (χ4n) is 1.21. The Labute approximate surface area is 64.7 Å². The smallest absolute Gasteiger partial charge is 0.178 e. The van der Waals surface area contributed by atoms with Crippen LogP contribution in [0.5, 0.6) is 0 Å². The summed E-state index contributed by atoms with van der Waals surface area (Å²) in [5.41, 5.74) is -0.425. The fraction of sp³-hybridized carbons (Fsp3) is 0.857. The van der Waals surface area contributed by atoms with Gasteiger partial charge in [-0.2, -0.15) is 5.26 Å². The van der Waals surface area contributed by atoms with Gasteiger partial charge in [-0.1, -0.05) is 0 Å². The number of hydrogen-bond donors (Lipinski definition) is 0. The third-order valence-electron chi connectivity index (χ3n) is 1.96. The van der Waals surface area contributed by atoms with E-state index in [1.807, 2.05) is 6.07 Å². The molecule has 2 aliphatic rings. The van der Waals surface area contributed by atoms with Crippen molar-refractivity contribution in [3.8, 4) is 6.07 Å². The Morgan fingerprint density at radius 2 is 1.91 bits per heavy atom. The van der Waals surface area contributed by atoms with E-state index in [9.17, 15) is 0 Å². The predicted octanol–water partition coefficient (Wildman–Crippen LogP) is -0.306. The van der Waals surface area contributed by atoms with E-state index in [0.717, 1.165) is 0 Å². The second-order valence-corrected chi connectivity index (χ2v) is 2.80. The van der Waals surface area contributed by atoms with E-state index >= 15 is 0 Å². The zero-order valence-electron chi connectivity index (χ0n) is 6.08. The lowest BCUT2D eigenvalue weighted by Gasteiger charge is -2.04. The van der Waals surface area contributed by atoms with Crippen LogP contribution in [0.2, 0.25) is 0 Å². The van der Waals surface area contributed by atoms with Crippen LogP contribution >= 0.6 is 0 Å². The van der Waals surface area contributed by atoms with Gasteiger partial charge in [0.25, 0.3) is 0 Å². The standard InChI is InChI=1S/C7H9NO3/c8-3-6-7(11-6)4-9-1-2-10-5-7/h6H,1-2,4-5H2. The first-order chi connectivity index (χ1) is 5.37. The molecule has 4 heteroatoms. The van der Waals surface area contributed by atoms with Gasteiger partial charge in [-0.15, -0.1) is 0 Å². The van der Waals surface area contributed by atoms with Crippen molar-refractivity contribution < 1.29 is 14.2 Å². The highest BCUT2D eigenvalue weighted by Gasteiger charge is 2.58. The molecular weight excluding hydrogens is 146 g/mol. The molecule has 2 aliphatic heterocycles. The first-order valence-electron chi connectivity index (χ1n) is 3.60. The molecule has 1 atom stereocenters. The van der Waals surface area contributed by atoms with Crippen LogP contribution in [0, 0.1) is 11.3 Å². The topological polar surface area (TPSA) is 54.8 Å². The van der Waals surface area contributed by atoms with Gasteiger partial charge in [-0.3, -0.25) is 0 Å². The maximum Gasteiger partial charge on any atom is 0.178 e. The van der Waals surface area contributed by atoms with Crippen LogP contribution in [0.1, 0.15) is 0 Å². The number of nitrogens with zero attached hydrogens (tertiary/aromatic N) is 1. The van der Waals surface area contributed by atoms with E-state index in [4.69, 9.17) is 19.5 Å². The summed E-state index contributed by atoms with van der Waals surface area (Å²) in [5, 5.41) is 8.53. The van der Waals surface area contributed by atoms with Gasteiger partial charge in [-0.25, -0.2) is 0 Å². The van der Waals surface area contributed by atoms with E-state index in [0.29, 0.717) is 26.4 Å². The minimum atomic E-state index is -0.425. The molecule has 2 saturated heterocycles. The molecule has 0 aromatic rings. The molecule has 0 saturated carbocycles. The molecule has 0 radical (unpaired) electrons. The van der Waals surface area contributed by atoms with Crippen LogP contribution in [-0.4, -0.2) is 38.1 Å². The fourth-order valence-corrected chi connectivity index (χ4v) is 1.21. The monoisotopic (exact) mass is 155 g/mol. The molecule has 2 fully saturated rings. The summed E-state index contributed by atoms with van der Waals surface area (Å²) in [7, 11) is 0. The summed E-state index contributed by atoms with van der Waals surface area (Å²) in [4.78, 5) is 0. The summed E-state index contributed by atoms with van der Waals surface area (Å²) in [6.07, 6.45) is -0.319. The molecule has 2 rings (SSSR count). The third-order valence-corrected chi connectivity index (χ3v) is 1.96. The van der Waals surface area contributed by atoms with Crippen molar-refractivity contribution in [2.75, 3.05) is 26.4 Å². The van der Waals surface area contributed by atoms with Crippen LogP contribution in [0.4, 0.5) is 0 Å². The van der Waals surface area contributed by atoms with Gasteiger partial charge < -0.3 is 14.2 Å². The number of nitriles is 1. The largest absolute Gasteiger partial charge is 0.376 e. The lowest BCUT2D eigenvalue weighted by Crippen LogP contribution is -2.25. The lowest BCUT2D eigenvalue weighted by atomic mass is 10.1. The van der Waals surface area contributed by atoms with Gasteiger partial charge in [0.2, 0.25) is 0 Å². The quantitative estimate of drug-likeness (QED) is 0.450. The molecule has 0 aromatic carbocycles. The molecule has 1 unspecified atom stereocenters. The van der Waals surface area contributed by atoms with Gasteiger partial charge in [0.05, 0.1) is 32.5 Å². The van der Waals surface area contributed by atoms with E-state index in [2.05, 4.69) is 0 Å². The summed E-state index contributed by atoms with van der Waals surface area (Å²) < 4.78 is 15.6. The summed E-state index contributed by atoms with van der Waals surface area (Å²) >= 11 is 0. The molecule has 0 aromatic heterocycles. The van der Waals surface area contributed by atoms with E-state index in [1.54, 1.807) is 0 Å². The average Bonchev–Trinajstić information content (AvgIpc) is 2.76. The molecule has 0 amide bonds.